The lowest BCUT2D eigenvalue weighted by atomic mass is 9.63. The van der Waals surface area contributed by atoms with Crippen LogP contribution in [-0.2, 0) is 6.42 Å². The predicted octanol–water partition coefficient (Wildman–Crippen LogP) is 8.31. The van der Waals surface area contributed by atoms with Crippen LogP contribution in [0.5, 0.6) is 0 Å². The van der Waals surface area contributed by atoms with Gasteiger partial charge in [0.25, 0.3) is 0 Å². The summed E-state index contributed by atoms with van der Waals surface area (Å²) in [6.45, 7) is 6.14. The fraction of sp³-hybridized carbons (Fsp3) is 0.484. The lowest BCUT2D eigenvalue weighted by Gasteiger charge is -2.42. The molecule has 0 spiro atoms. The molecule has 0 heteroatoms. The summed E-state index contributed by atoms with van der Waals surface area (Å²) < 4.78 is 0. The normalized spacial score (nSPS) is 25.2. The smallest absolute Gasteiger partial charge is 0.0249 e. The van der Waals surface area contributed by atoms with Crippen LogP contribution in [0, 0.1) is 29.6 Å². The second-order valence-electron chi connectivity index (χ2n) is 9.89. The van der Waals surface area contributed by atoms with Gasteiger partial charge in [-0.05, 0) is 104 Å². The largest absolute Gasteiger partial charge is 0.103 e. The van der Waals surface area contributed by atoms with Gasteiger partial charge in [0.2, 0.25) is 0 Å². The number of hydrogen-bond donors (Lipinski definition) is 0. The van der Waals surface area contributed by atoms with E-state index in [-0.39, 0.29) is 0 Å². The van der Waals surface area contributed by atoms with Gasteiger partial charge in [-0.25, -0.2) is 0 Å². The highest BCUT2D eigenvalue weighted by Gasteiger charge is 2.35. The first kappa shape index (κ1) is 22.0. The van der Waals surface area contributed by atoms with E-state index in [1.165, 1.54) is 62.5 Å². The number of allylic oxidation sites excluding steroid dienone is 1. The lowest BCUT2D eigenvalue weighted by molar-refractivity contribution is 0.114. The molecule has 2 aliphatic rings. The molecule has 2 aromatic carbocycles. The van der Waals surface area contributed by atoms with Gasteiger partial charge in [0, 0.05) is 11.1 Å². The molecule has 0 nitrogen and oxygen atoms in total. The molecule has 2 fully saturated rings. The molecular formula is C31H38. The average Bonchev–Trinajstić information content (AvgIpc) is 2.82. The molecule has 2 aromatic rings. The summed E-state index contributed by atoms with van der Waals surface area (Å²) in [5.41, 5.74) is 5.09. The van der Waals surface area contributed by atoms with Crippen LogP contribution in [0.1, 0.15) is 92.9 Å². The second-order valence-corrected chi connectivity index (χ2v) is 9.89. The monoisotopic (exact) mass is 410 g/mol. The fourth-order valence-corrected chi connectivity index (χ4v) is 5.97. The number of benzene rings is 2. The van der Waals surface area contributed by atoms with Crippen molar-refractivity contribution in [3.63, 3.8) is 0 Å². The molecule has 2 saturated carbocycles. The Morgan fingerprint density at radius 3 is 2.16 bits per heavy atom. The van der Waals surface area contributed by atoms with E-state index < -0.39 is 0 Å². The molecule has 31 heavy (non-hydrogen) atoms. The van der Waals surface area contributed by atoms with Crippen molar-refractivity contribution in [2.24, 2.45) is 17.8 Å². The number of fused-ring (bicyclic) bond motifs is 1. The Morgan fingerprint density at radius 2 is 1.48 bits per heavy atom. The maximum Gasteiger partial charge on any atom is 0.0249 e. The van der Waals surface area contributed by atoms with E-state index in [1.54, 1.807) is 0 Å². The van der Waals surface area contributed by atoms with Gasteiger partial charge in [-0.3, -0.25) is 0 Å². The molecule has 0 aromatic heterocycles. The topological polar surface area (TPSA) is 0 Å². The summed E-state index contributed by atoms with van der Waals surface area (Å²) in [6.07, 6.45) is 15.6. The molecule has 0 aliphatic heterocycles. The first-order valence-electron chi connectivity index (χ1n) is 12.6. The Kier molecular flexibility index (Phi) is 7.69. The molecule has 162 valence electrons. The molecule has 0 N–H and O–H groups in total. The van der Waals surface area contributed by atoms with Crippen LogP contribution in [0.15, 0.2) is 61.2 Å². The highest BCUT2D eigenvalue weighted by Crippen LogP contribution is 2.48. The van der Waals surface area contributed by atoms with Crippen LogP contribution >= 0.6 is 0 Å². The molecular weight excluding hydrogens is 372 g/mol. The van der Waals surface area contributed by atoms with Crippen LogP contribution in [0.4, 0.5) is 0 Å². The Labute approximate surface area is 190 Å². The number of aryl methyl sites for hydroxylation is 1. The van der Waals surface area contributed by atoms with Gasteiger partial charge in [0.15, 0.2) is 0 Å². The van der Waals surface area contributed by atoms with Gasteiger partial charge in [0.05, 0.1) is 0 Å². The van der Waals surface area contributed by atoms with Gasteiger partial charge >= 0.3 is 0 Å². The minimum absolute atomic E-state index is 0.758. The maximum absolute atomic E-state index is 3.80. The van der Waals surface area contributed by atoms with Crippen LogP contribution in [0.25, 0.3) is 0 Å². The van der Waals surface area contributed by atoms with Gasteiger partial charge in [0.1, 0.15) is 0 Å². The molecule has 4 unspecified atom stereocenters. The third-order valence-corrected chi connectivity index (χ3v) is 7.74. The highest BCUT2D eigenvalue weighted by atomic mass is 14.4. The van der Waals surface area contributed by atoms with Crippen molar-refractivity contribution >= 4 is 0 Å². The van der Waals surface area contributed by atoms with E-state index in [2.05, 4.69) is 73.9 Å². The van der Waals surface area contributed by atoms with Crippen LogP contribution in [0.2, 0.25) is 0 Å². The molecule has 0 heterocycles. The van der Waals surface area contributed by atoms with Crippen LogP contribution in [-0.4, -0.2) is 0 Å². The van der Waals surface area contributed by atoms with Gasteiger partial charge in [-0.15, -0.1) is 6.58 Å². The Morgan fingerprint density at radius 1 is 0.839 bits per heavy atom. The summed E-state index contributed by atoms with van der Waals surface area (Å²) >= 11 is 0. The second kappa shape index (κ2) is 10.9. The quantitative estimate of drug-likeness (QED) is 0.332. The Hall–Kier alpha value is -2.26. The van der Waals surface area contributed by atoms with E-state index >= 15 is 0 Å². The van der Waals surface area contributed by atoms with Crippen molar-refractivity contribution in [1.82, 2.24) is 0 Å². The first-order chi connectivity index (χ1) is 15.2. The zero-order chi connectivity index (χ0) is 21.5. The SMILES string of the molecule is C=CCCc1ccc(C#Cc2ccc(C3CCC4CC(CCC)CCC4C3)cc2)cc1. The molecule has 0 radical (unpaired) electrons. The molecule has 2 aliphatic carbocycles. The van der Waals surface area contributed by atoms with Crippen molar-refractivity contribution in [3.8, 4) is 11.8 Å². The first-order valence-corrected chi connectivity index (χ1v) is 12.6. The van der Waals surface area contributed by atoms with Crippen LogP contribution < -0.4 is 0 Å². The van der Waals surface area contributed by atoms with E-state index in [0.29, 0.717) is 0 Å². The minimum atomic E-state index is 0.758. The van der Waals surface area contributed by atoms with Gasteiger partial charge in [-0.2, -0.15) is 0 Å². The molecule has 0 amide bonds. The van der Waals surface area contributed by atoms with E-state index in [9.17, 15) is 0 Å². The average molecular weight is 411 g/mol. The third kappa shape index (κ3) is 5.92. The molecule has 4 atom stereocenters. The fourth-order valence-electron chi connectivity index (χ4n) is 5.97. The maximum atomic E-state index is 3.80. The number of hydrogen-bond acceptors (Lipinski definition) is 0. The van der Waals surface area contributed by atoms with Gasteiger partial charge in [-0.1, -0.05) is 68.4 Å². The molecule has 0 saturated heterocycles. The minimum Gasteiger partial charge on any atom is -0.103 e. The number of rotatable bonds is 6. The van der Waals surface area contributed by atoms with Crippen molar-refractivity contribution < 1.29 is 0 Å². The molecule has 4 rings (SSSR count). The summed E-state index contributed by atoms with van der Waals surface area (Å²) in [4.78, 5) is 0. The zero-order valence-corrected chi connectivity index (χ0v) is 19.3. The summed E-state index contributed by atoms with van der Waals surface area (Å²) in [5.74, 6) is 10.4. The summed E-state index contributed by atoms with van der Waals surface area (Å²) in [6, 6.07) is 17.8. The van der Waals surface area contributed by atoms with Crippen molar-refractivity contribution in [1.29, 1.82) is 0 Å². The zero-order valence-electron chi connectivity index (χ0n) is 19.3. The Bertz CT molecular complexity index is 890. The van der Waals surface area contributed by atoms with Crippen LogP contribution in [0.3, 0.4) is 0 Å². The lowest BCUT2D eigenvalue weighted by Crippen LogP contribution is -2.30. The Balaban J connectivity index is 1.33. The third-order valence-electron chi connectivity index (χ3n) is 7.74. The standard InChI is InChI=1S/C31H38/c1-3-5-7-24-8-10-25(11-9-24)12-13-26-14-17-28(18-15-26)30-21-20-29-22-27(6-4-2)16-19-31(29)23-30/h3,8-11,14-15,17-18,27,29-31H,1,4-7,16,19-23H2,2H3. The van der Waals surface area contributed by atoms with E-state index in [0.717, 1.165) is 47.6 Å². The predicted molar refractivity (Wildman–Crippen MR) is 133 cm³/mol. The van der Waals surface area contributed by atoms with Gasteiger partial charge < -0.3 is 0 Å². The van der Waals surface area contributed by atoms with Crippen molar-refractivity contribution in [3.05, 3.63) is 83.4 Å². The molecule has 0 bridgehead atoms. The van der Waals surface area contributed by atoms with E-state index in [1.807, 2.05) is 6.08 Å². The highest BCUT2D eigenvalue weighted by molar-refractivity contribution is 5.44. The van der Waals surface area contributed by atoms with E-state index in [4.69, 9.17) is 0 Å². The van der Waals surface area contributed by atoms with Crippen molar-refractivity contribution in [2.45, 2.75) is 77.0 Å². The summed E-state index contributed by atoms with van der Waals surface area (Å²) in [7, 11) is 0. The summed E-state index contributed by atoms with van der Waals surface area (Å²) in [5, 5.41) is 0. The van der Waals surface area contributed by atoms with Crippen molar-refractivity contribution in [2.75, 3.05) is 0 Å².